The molecule has 2 aromatic rings. The van der Waals surface area contributed by atoms with Crippen molar-refractivity contribution in [1.29, 1.82) is 0 Å². The van der Waals surface area contributed by atoms with E-state index in [2.05, 4.69) is 20.0 Å². The predicted molar refractivity (Wildman–Crippen MR) is 72.4 cm³/mol. The zero-order chi connectivity index (χ0) is 13.4. The van der Waals surface area contributed by atoms with E-state index in [-0.39, 0.29) is 6.10 Å². The largest absolute Gasteiger partial charge is 0.368 e. The van der Waals surface area contributed by atoms with Crippen molar-refractivity contribution in [2.24, 2.45) is 0 Å². The number of morpholine rings is 1. The van der Waals surface area contributed by atoms with E-state index in [4.69, 9.17) is 9.26 Å². The summed E-state index contributed by atoms with van der Waals surface area (Å²) in [7, 11) is 0. The SMILES string of the molecule is c1csc([C@H]2CN(Cc3nc(C4CC4)no3)CCO2)n1. The molecule has 1 saturated carbocycles. The Hall–Kier alpha value is -1.31. The number of nitrogens with zero attached hydrogens (tertiary/aromatic N) is 4. The van der Waals surface area contributed by atoms with Crippen molar-refractivity contribution in [3.8, 4) is 0 Å². The minimum absolute atomic E-state index is 0.0644. The summed E-state index contributed by atoms with van der Waals surface area (Å²) in [4.78, 5) is 11.1. The van der Waals surface area contributed by atoms with Gasteiger partial charge in [0.2, 0.25) is 5.89 Å². The van der Waals surface area contributed by atoms with Gasteiger partial charge >= 0.3 is 0 Å². The highest BCUT2D eigenvalue weighted by atomic mass is 32.1. The van der Waals surface area contributed by atoms with Crippen LogP contribution in [0.5, 0.6) is 0 Å². The summed E-state index contributed by atoms with van der Waals surface area (Å²) >= 11 is 1.64. The Labute approximate surface area is 120 Å². The predicted octanol–water partition coefficient (Wildman–Crippen LogP) is 1.98. The van der Waals surface area contributed by atoms with Gasteiger partial charge in [-0.1, -0.05) is 5.16 Å². The molecule has 0 radical (unpaired) electrons. The lowest BCUT2D eigenvalue weighted by Gasteiger charge is -2.30. The maximum atomic E-state index is 5.78. The summed E-state index contributed by atoms with van der Waals surface area (Å²) in [5.74, 6) is 2.14. The second-order valence-electron chi connectivity index (χ2n) is 5.29. The molecule has 0 bridgehead atoms. The van der Waals surface area contributed by atoms with Gasteiger partial charge in [-0.25, -0.2) is 4.98 Å². The number of hydrogen-bond donors (Lipinski definition) is 0. The van der Waals surface area contributed by atoms with Crippen LogP contribution in [0.25, 0.3) is 0 Å². The van der Waals surface area contributed by atoms with Gasteiger partial charge in [0.15, 0.2) is 5.82 Å². The summed E-state index contributed by atoms with van der Waals surface area (Å²) in [6, 6.07) is 0. The third-order valence-electron chi connectivity index (χ3n) is 3.66. The first-order valence-electron chi connectivity index (χ1n) is 6.94. The van der Waals surface area contributed by atoms with Crippen LogP contribution in [0.3, 0.4) is 0 Å². The first kappa shape index (κ1) is 12.4. The van der Waals surface area contributed by atoms with Gasteiger partial charge < -0.3 is 9.26 Å². The molecule has 6 nitrogen and oxygen atoms in total. The number of aromatic nitrogens is 3. The molecular weight excluding hydrogens is 276 g/mol. The average molecular weight is 292 g/mol. The van der Waals surface area contributed by atoms with E-state index >= 15 is 0 Å². The molecule has 0 spiro atoms. The van der Waals surface area contributed by atoms with Crippen LogP contribution in [0.15, 0.2) is 16.1 Å². The fourth-order valence-electron chi connectivity index (χ4n) is 2.42. The zero-order valence-corrected chi connectivity index (χ0v) is 11.9. The maximum Gasteiger partial charge on any atom is 0.240 e. The Bertz CT molecular complexity index is 567. The molecule has 0 N–H and O–H groups in total. The molecule has 3 heterocycles. The van der Waals surface area contributed by atoms with Crippen molar-refractivity contribution in [2.45, 2.75) is 31.4 Å². The summed E-state index contributed by atoms with van der Waals surface area (Å²) < 4.78 is 11.1. The van der Waals surface area contributed by atoms with Crippen molar-refractivity contribution in [2.75, 3.05) is 19.7 Å². The Morgan fingerprint density at radius 2 is 2.35 bits per heavy atom. The van der Waals surface area contributed by atoms with Crippen LogP contribution < -0.4 is 0 Å². The van der Waals surface area contributed by atoms with Crippen molar-refractivity contribution in [3.05, 3.63) is 28.3 Å². The smallest absolute Gasteiger partial charge is 0.240 e. The number of thiazole rings is 1. The van der Waals surface area contributed by atoms with Crippen molar-refractivity contribution < 1.29 is 9.26 Å². The summed E-state index contributed by atoms with van der Waals surface area (Å²) in [5.41, 5.74) is 0. The van der Waals surface area contributed by atoms with Crippen LogP contribution in [0, 0.1) is 0 Å². The van der Waals surface area contributed by atoms with Crippen LogP contribution in [-0.2, 0) is 11.3 Å². The number of rotatable bonds is 4. The summed E-state index contributed by atoms with van der Waals surface area (Å²) in [6.45, 7) is 3.14. The zero-order valence-electron chi connectivity index (χ0n) is 11.1. The molecule has 2 aromatic heterocycles. The molecular formula is C13H16N4O2S. The van der Waals surface area contributed by atoms with Gasteiger partial charge in [0.05, 0.1) is 13.2 Å². The minimum atomic E-state index is 0.0644. The van der Waals surface area contributed by atoms with Crippen LogP contribution in [0.1, 0.15) is 41.6 Å². The van der Waals surface area contributed by atoms with Gasteiger partial charge in [-0.05, 0) is 12.8 Å². The van der Waals surface area contributed by atoms with Gasteiger partial charge in [0.1, 0.15) is 11.1 Å². The van der Waals surface area contributed by atoms with Gasteiger partial charge in [-0.2, -0.15) is 4.98 Å². The third kappa shape index (κ3) is 2.61. The van der Waals surface area contributed by atoms with E-state index in [1.54, 1.807) is 11.3 Å². The van der Waals surface area contributed by atoms with Crippen LogP contribution in [-0.4, -0.2) is 39.7 Å². The Kier molecular flexibility index (Phi) is 3.25. The number of hydrogen-bond acceptors (Lipinski definition) is 7. The molecule has 4 rings (SSSR count). The molecule has 0 aromatic carbocycles. The van der Waals surface area contributed by atoms with E-state index < -0.39 is 0 Å². The molecule has 1 aliphatic heterocycles. The Balaban J connectivity index is 1.40. The Morgan fingerprint density at radius 1 is 1.40 bits per heavy atom. The first-order valence-corrected chi connectivity index (χ1v) is 7.82. The molecule has 7 heteroatoms. The molecule has 0 unspecified atom stereocenters. The molecule has 1 atom stereocenters. The van der Waals surface area contributed by atoms with Crippen LogP contribution in [0.4, 0.5) is 0 Å². The topological polar surface area (TPSA) is 64.3 Å². The average Bonchev–Trinajstić information content (AvgIpc) is 3.00. The normalized spacial score (nSPS) is 24.1. The molecule has 1 saturated heterocycles. The van der Waals surface area contributed by atoms with E-state index in [1.807, 2.05) is 11.6 Å². The van der Waals surface area contributed by atoms with Crippen LogP contribution >= 0.6 is 11.3 Å². The fourth-order valence-corrected chi connectivity index (χ4v) is 3.10. The van der Waals surface area contributed by atoms with E-state index in [1.165, 1.54) is 12.8 Å². The first-order chi connectivity index (χ1) is 9.88. The Morgan fingerprint density at radius 3 is 3.15 bits per heavy atom. The van der Waals surface area contributed by atoms with Gasteiger partial charge in [-0.15, -0.1) is 11.3 Å². The molecule has 1 aliphatic carbocycles. The minimum Gasteiger partial charge on any atom is -0.368 e. The third-order valence-corrected chi connectivity index (χ3v) is 4.53. The standard InChI is InChI=1S/C13H16N4O2S/c1-2-9(1)12-15-11(19-16-12)8-17-4-5-18-10(7-17)13-14-3-6-20-13/h3,6,9-10H,1-2,4-5,7-8H2/t10-/m1/s1. The molecule has 2 aliphatic rings. The van der Waals surface area contributed by atoms with Crippen LogP contribution in [0.2, 0.25) is 0 Å². The van der Waals surface area contributed by atoms with E-state index in [0.29, 0.717) is 25.0 Å². The lowest BCUT2D eigenvalue weighted by Crippen LogP contribution is -2.37. The van der Waals surface area contributed by atoms with Gasteiger partial charge in [0.25, 0.3) is 0 Å². The van der Waals surface area contributed by atoms with E-state index in [0.717, 1.165) is 23.9 Å². The second-order valence-corrected chi connectivity index (χ2v) is 6.21. The highest BCUT2D eigenvalue weighted by Gasteiger charge is 2.30. The molecule has 20 heavy (non-hydrogen) atoms. The van der Waals surface area contributed by atoms with Gasteiger partial charge in [0, 0.05) is 30.6 Å². The lowest BCUT2D eigenvalue weighted by atomic mass is 10.3. The monoisotopic (exact) mass is 292 g/mol. The van der Waals surface area contributed by atoms with Gasteiger partial charge in [-0.3, -0.25) is 4.90 Å². The maximum absolute atomic E-state index is 5.78. The summed E-state index contributed by atoms with van der Waals surface area (Å²) in [5, 5.41) is 7.08. The highest BCUT2D eigenvalue weighted by Crippen LogP contribution is 2.38. The second kappa shape index (κ2) is 5.23. The summed E-state index contributed by atoms with van der Waals surface area (Å²) in [6.07, 6.45) is 4.28. The molecule has 0 amide bonds. The molecule has 2 fully saturated rings. The number of ether oxygens (including phenoxy) is 1. The highest BCUT2D eigenvalue weighted by molar-refractivity contribution is 7.09. The molecule has 106 valence electrons. The van der Waals surface area contributed by atoms with Crippen molar-refractivity contribution in [3.63, 3.8) is 0 Å². The van der Waals surface area contributed by atoms with Crippen molar-refractivity contribution in [1.82, 2.24) is 20.0 Å². The van der Waals surface area contributed by atoms with E-state index in [9.17, 15) is 0 Å². The quantitative estimate of drug-likeness (QED) is 0.858. The fraction of sp³-hybridized carbons (Fsp3) is 0.615. The van der Waals surface area contributed by atoms with Crippen molar-refractivity contribution >= 4 is 11.3 Å². The lowest BCUT2D eigenvalue weighted by molar-refractivity contribution is -0.0356.